The highest BCUT2D eigenvalue weighted by atomic mass is 16.5. The van der Waals surface area contributed by atoms with Crippen LogP contribution >= 0.6 is 0 Å². The quantitative estimate of drug-likeness (QED) is 0.879. The van der Waals surface area contributed by atoms with Crippen LogP contribution in [0.4, 0.5) is 0 Å². The van der Waals surface area contributed by atoms with Crippen molar-refractivity contribution in [3.8, 4) is 5.75 Å². The van der Waals surface area contributed by atoms with E-state index < -0.39 is 0 Å². The van der Waals surface area contributed by atoms with E-state index in [1.54, 1.807) is 0 Å². The Morgan fingerprint density at radius 2 is 2.20 bits per heavy atom. The maximum Gasteiger partial charge on any atom is 0.251 e. The summed E-state index contributed by atoms with van der Waals surface area (Å²) in [6, 6.07) is 4.06. The van der Waals surface area contributed by atoms with Crippen molar-refractivity contribution in [2.24, 2.45) is 5.73 Å². The Morgan fingerprint density at radius 1 is 1.45 bits per heavy atom. The number of pyridine rings is 1. The molecule has 0 aliphatic carbocycles. The standard InChI is InChI=1S/C16H20N2O2/c1-4-10-6-12-13(18-15(10)19)9(2)5-11-7-16(3,8-17)20-14(11)12/h5-6H,4,7-8,17H2,1-3H3,(H,18,19). The van der Waals surface area contributed by atoms with Crippen LogP contribution in [-0.2, 0) is 12.8 Å². The summed E-state index contributed by atoms with van der Waals surface area (Å²) in [5.41, 5.74) is 9.38. The molecule has 0 fully saturated rings. The Kier molecular flexibility index (Phi) is 2.87. The number of rotatable bonds is 2. The van der Waals surface area contributed by atoms with Crippen molar-refractivity contribution in [3.05, 3.63) is 39.2 Å². The molecule has 4 heteroatoms. The number of hydrogen-bond donors (Lipinski definition) is 2. The normalized spacial score (nSPS) is 21.0. The molecular weight excluding hydrogens is 252 g/mol. The van der Waals surface area contributed by atoms with Crippen molar-refractivity contribution in [1.29, 1.82) is 0 Å². The van der Waals surface area contributed by atoms with Gasteiger partial charge in [-0.3, -0.25) is 4.79 Å². The number of aryl methyl sites for hydroxylation is 2. The highest BCUT2D eigenvalue weighted by Gasteiger charge is 2.35. The molecular formula is C16H20N2O2. The van der Waals surface area contributed by atoms with Gasteiger partial charge >= 0.3 is 0 Å². The van der Waals surface area contributed by atoms with E-state index in [1.165, 1.54) is 5.56 Å². The lowest BCUT2D eigenvalue weighted by molar-refractivity contribution is 0.127. The summed E-state index contributed by atoms with van der Waals surface area (Å²) < 4.78 is 6.10. The number of hydrogen-bond acceptors (Lipinski definition) is 3. The lowest BCUT2D eigenvalue weighted by Gasteiger charge is -2.21. The maximum atomic E-state index is 12.0. The van der Waals surface area contributed by atoms with Gasteiger partial charge in [-0.25, -0.2) is 0 Å². The first-order valence-electron chi connectivity index (χ1n) is 7.05. The fourth-order valence-electron chi connectivity index (χ4n) is 2.95. The Labute approximate surface area is 117 Å². The van der Waals surface area contributed by atoms with Crippen LogP contribution in [0.2, 0.25) is 0 Å². The average molecular weight is 272 g/mol. The number of nitrogens with two attached hydrogens (primary N) is 1. The Hall–Kier alpha value is -1.81. The molecule has 1 atom stereocenters. The fourth-order valence-corrected chi connectivity index (χ4v) is 2.95. The summed E-state index contributed by atoms with van der Waals surface area (Å²) in [6.45, 7) is 6.51. The van der Waals surface area contributed by atoms with Gasteiger partial charge in [0.25, 0.3) is 5.56 Å². The summed E-state index contributed by atoms with van der Waals surface area (Å²) in [5, 5.41) is 0.994. The second kappa shape index (κ2) is 4.35. The maximum absolute atomic E-state index is 12.0. The molecule has 3 rings (SSSR count). The van der Waals surface area contributed by atoms with Crippen LogP contribution in [0.15, 0.2) is 16.9 Å². The van der Waals surface area contributed by atoms with Crippen LogP contribution in [0, 0.1) is 6.92 Å². The number of aromatic nitrogens is 1. The third-order valence-corrected chi connectivity index (χ3v) is 4.16. The van der Waals surface area contributed by atoms with E-state index in [1.807, 2.05) is 26.8 Å². The topological polar surface area (TPSA) is 68.1 Å². The lowest BCUT2D eigenvalue weighted by atomic mass is 9.96. The van der Waals surface area contributed by atoms with Crippen LogP contribution in [0.25, 0.3) is 10.9 Å². The molecule has 0 spiro atoms. The van der Waals surface area contributed by atoms with Gasteiger partial charge in [0.1, 0.15) is 11.4 Å². The van der Waals surface area contributed by atoms with Crippen LogP contribution in [-0.4, -0.2) is 17.1 Å². The van der Waals surface area contributed by atoms with Gasteiger partial charge < -0.3 is 15.5 Å². The number of benzene rings is 1. The molecule has 4 nitrogen and oxygen atoms in total. The van der Waals surface area contributed by atoms with Crippen LogP contribution < -0.4 is 16.0 Å². The van der Waals surface area contributed by atoms with Crippen molar-refractivity contribution in [2.45, 2.75) is 39.2 Å². The number of fused-ring (bicyclic) bond motifs is 3. The van der Waals surface area contributed by atoms with E-state index in [0.29, 0.717) is 13.0 Å². The smallest absolute Gasteiger partial charge is 0.251 e. The van der Waals surface area contributed by atoms with Gasteiger partial charge in [0.2, 0.25) is 0 Å². The Morgan fingerprint density at radius 3 is 2.85 bits per heavy atom. The summed E-state index contributed by atoms with van der Waals surface area (Å²) in [5.74, 6) is 0.879. The molecule has 0 amide bonds. The number of ether oxygens (including phenoxy) is 1. The molecule has 1 aliphatic heterocycles. The molecule has 3 N–H and O–H groups in total. The molecule has 1 aliphatic rings. The number of nitrogens with one attached hydrogen (secondary N) is 1. The van der Waals surface area contributed by atoms with Crippen LogP contribution in [0.1, 0.15) is 30.5 Å². The molecule has 0 saturated carbocycles. The summed E-state index contributed by atoms with van der Waals surface area (Å²) in [7, 11) is 0. The van der Waals surface area contributed by atoms with E-state index in [4.69, 9.17) is 10.5 Å². The molecule has 0 bridgehead atoms. The van der Waals surface area contributed by atoms with Gasteiger partial charge in [-0.1, -0.05) is 13.0 Å². The lowest BCUT2D eigenvalue weighted by Crippen LogP contribution is -2.38. The minimum Gasteiger partial charge on any atom is -0.485 e. The van der Waals surface area contributed by atoms with E-state index >= 15 is 0 Å². The molecule has 106 valence electrons. The predicted molar refractivity (Wildman–Crippen MR) is 80.5 cm³/mol. The zero-order valence-electron chi connectivity index (χ0n) is 12.2. The minimum atomic E-state index is -0.342. The largest absolute Gasteiger partial charge is 0.485 e. The van der Waals surface area contributed by atoms with Gasteiger partial charge in [-0.2, -0.15) is 0 Å². The van der Waals surface area contributed by atoms with Gasteiger partial charge in [-0.05, 0) is 37.5 Å². The molecule has 2 heterocycles. The fraction of sp³-hybridized carbons (Fsp3) is 0.438. The van der Waals surface area contributed by atoms with Gasteiger partial charge in [0, 0.05) is 23.9 Å². The van der Waals surface area contributed by atoms with Crippen molar-refractivity contribution in [1.82, 2.24) is 4.98 Å². The Bertz CT molecular complexity index is 748. The SMILES string of the molecule is CCc1cc2c3c(cc(C)c2[nH]c1=O)CC(C)(CN)O3. The first-order valence-corrected chi connectivity index (χ1v) is 7.05. The van der Waals surface area contributed by atoms with E-state index in [0.717, 1.165) is 34.2 Å². The highest BCUT2D eigenvalue weighted by molar-refractivity contribution is 5.90. The zero-order valence-corrected chi connectivity index (χ0v) is 12.2. The molecule has 1 aromatic heterocycles. The third kappa shape index (κ3) is 1.83. The van der Waals surface area contributed by atoms with E-state index in [2.05, 4.69) is 11.1 Å². The van der Waals surface area contributed by atoms with Crippen molar-refractivity contribution in [3.63, 3.8) is 0 Å². The van der Waals surface area contributed by atoms with E-state index in [-0.39, 0.29) is 11.2 Å². The highest BCUT2D eigenvalue weighted by Crippen LogP contribution is 2.41. The van der Waals surface area contributed by atoms with Gasteiger partial charge in [-0.15, -0.1) is 0 Å². The van der Waals surface area contributed by atoms with Crippen molar-refractivity contribution < 1.29 is 4.74 Å². The molecule has 1 aromatic carbocycles. The monoisotopic (exact) mass is 272 g/mol. The Balaban J connectivity index is 2.31. The first kappa shape index (κ1) is 13.2. The third-order valence-electron chi connectivity index (χ3n) is 4.16. The van der Waals surface area contributed by atoms with E-state index in [9.17, 15) is 4.79 Å². The average Bonchev–Trinajstić information content (AvgIpc) is 2.76. The molecule has 2 aromatic rings. The number of H-pyrrole nitrogens is 1. The van der Waals surface area contributed by atoms with Crippen molar-refractivity contribution in [2.75, 3.05) is 6.54 Å². The van der Waals surface area contributed by atoms with Gasteiger partial charge in [0.15, 0.2) is 0 Å². The molecule has 0 saturated heterocycles. The summed E-state index contributed by atoms with van der Waals surface area (Å²) in [4.78, 5) is 15.0. The molecule has 1 unspecified atom stereocenters. The van der Waals surface area contributed by atoms with Gasteiger partial charge in [0.05, 0.1) is 5.52 Å². The second-order valence-corrected chi connectivity index (χ2v) is 5.88. The zero-order chi connectivity index (χ0) is 14.5. The van der Waals surface area contributed by atoms with Crippen LogP contribution in [0.3, 0.4) is 0 Å². The second-order valence-electron chi connectivity index (χ2n) is 5.88. The predicted octanol–water partition coefficient (Wildman–Crippen LogP) is 2.05. The van der Waals surface area contributed by atoms with Crippen molar-refractivity contribution >= 4 is 10.9 Å². The van der Waals surface area contributed by atoms with Crippen LogP contribution in [0.5, 0.6) is 5.75 Å². The minimum absolute atomic E-state index is 0.0115. The molecule has 0 radical (unpaired) electrons. The molecule has 20 heavy (non-hydrogen) atoms. The summed E-state index contributed by atoms with van der Waals surface area (Å²) in [6.07, 6.45) is 1.53. The first-order chi connectivity index (χ1) is 9.47. The number of aromatic amines is 1. The summed E-state index contributed by atoms with van der Waals surface area (Å²) >= 11 is 0.